The predicted molar refractivity (Wildman–Crippen MR) is 66.2 cm³/mol. The molecule has 0 bridgehead atoms. The van der Waals surface area contributed by atoms with Gasteiger partial charge in [0.1, 0.15) is 6.17 Å². The molecule has 0 aromatic heterocycles. The Morgan fingerprint density at radius 1 is 1.44 bits per heavy atom. The second kappa shape index (κ2) is 5.82. The fourth-order valence-corrected chi connectivity index (χ4v) is 2.13. The van der Waals surface area contributed by atoms with Crippen LogP contribution in [-0.4, -0.2) is 41.4 Å². The van der Waals surface area contributed by atoms with Crippen molar-refractivity contribution in [3.05, 3.63) is 35.9 Å². The summed E-state index contributed by atoms with van der Waals surface area (Å²) in [5.41, 5.74) is 1.07. The molecule has 0 radical (unpaired) electrons. The van der Waals surface area contributed by atoms with Crippen molar-refractivity contribution in [2.75, 3.05) is 13.1 Å². The first-order valence-corrected chi connectivity index (χ1v) is 6.06. The molecule has 1 aromatic rings. The summed E-state index contributed by atoms with van der Waals surface area (Å²) in [5.74, 6) is 0. The molecule has 0 spiro atoms. The lowest BCUT2D eigenvalue weighted by molar-refractivity contribution is 0.0924. The first-order valence-electron chi connectivity index (χ1n) is 6.06. The number of rotatable bonds is 3. The minimum absolute atomic E-state index is 0.212. The number of carboxylic acid groups (broad SMARTS) is 1. The molecule has 1 saturated heterocycles. The van der Waals surface area contributed by atoms with Gasteiger partial charge in [0.2, 0.25) is 0 Å². The van der Waals surface area contributed by atoms with E-state index in [1.54, 1.807) is 0 Å². The minimum atomic E-state index is -0.982. The predicted octanol–water partition coefficient (Wildman–Crippen LogP) is 1.87. The number of piperidine rings is 1. The highest BCUT2D eigenvalue weighted by molar-refractivity contribution is 5.65. The van der Waals surface area contributed by atoms with Crippen LogP contribution in [0.15, 0.2) is 30.3 Å². The molecule has 0 saturated carbocycles. The van der Waals surface area contributed by atoms with Crippen molar-refractivity contribution < 1.29 is 14.3 Å². The maximum absolute atomic E-state index is 13.7. The molecule has 1 fully saturated rings. The molecule has 1 aromatic carbocycles. The Morgan fingerprint density at radius 3 is 2.83 bits per heavy atom. The van der Waals surface area contributed by atoms with Crippen LogP contribution in [0.2, 0.25) is 0 Å². The van der Waals surface area contributed by atoms with E-state index in [0.29, 0.717) is 6.54 Å². The van der Waals surface area contributed by atoms with Crippen LogP contribution in [0.3, 0.4) is 0 Å². The van der Waals surface area contributed by atoms with Gasteiger partial charge < -0.3 is 15.3 Å². The smallest absolute Gasteiger partial charge is 0.407 e. The topological polar surface area (TPSA) is 52.6 Å². The third kappa shape index (κ3) is 3.20. The number of hydrogen-bond donors (Lipinski definition) is 2. The molecule has 1 heterocycles. The maximum atomic E-state index is 13.7. The van der Waals surface area contributed by atoms with Crippen LogP contribution in [0.25, 0.3) is 0 Å². The summed E-state index contributed by atoms with van der Waals surface area (Å²) in [6.07, 6.45) is -1.70. The number of benzene rings is 1. The fraction of sp³-hybridized carbons (Fsp3) is 0.462. The van der Waals surface area contributed by atoms with Gasteiger partial charge in [-0.3, -0.25) is 0 Å². The van der Waals surface area contributed by atoms with Crippen molar-refractivity contribution >= 4 is 6.09 Å². The molecule has 0 unspecified atom stereocenters. The molecule has 2 rings (SSSR count). The van der Waals surface area contributed by atoms with E-state index in [4.69, 9.17) is 5.11 Å². The van der Waals surface area contributed by atoms with Crippen molar-refractivity contribution in [2.24, 2.45) is 0 Å². The molecule has 0 aliphatic carbocycles. The number of nitrogens with zero attached hydrogens (tertiary/aromatic N) is 1. The van der Waals surface area contributed by atoms with E-state index >= 15 is 0 Å². The number of amides is 1. The molecular weight excluding hydrogens is 235 g/mol. The molecule has 1 aliphatic heterocycles. The number of hydrogen-bond acceptors (Lipinski definition) is 2. The Balaban J connectivity index is 1.89. The highest BCUT2D eigenvalue weighted by Crippen LogP contribution is 2.15. The van der Waals surface area contributed by atoms with Gasteiger partial charge in [-0.25, -0.2) is 9.18 Å². The normalized spacial score (nSPS) is 23.9. The SMILES string of the molecule is O=C(O)N1CC[C@H](F)[C@H](NCc2ccccc2)C1. The van der Waals surface area contributed by atoms with Crippen molar-refractivity contribution in [3.63, 3.8) is 0 Å². The second-order valence-corrected chi connectivity index (χ2v) is 4.51. The van der Waals surface area contributed by atoms with Crippen LogP contribution in [0.1, 0.15) is 12.0 Å². The monoisotopic (exact) mass is 252 g/mol. The number of alkyl halides is 1. The van der Waals surface area contributed by atoms with Crippen LogP contribution in [0.4, 0.5) is 9.18 Å². The standard InChI is InChI=1S/C13H17FN2O2/c14-11-6-7-16(13(17)18)9-12(11)15-8-10-4-2-1-3-5-10/h1-5,11-12,15H,6-9H2,(H,17,18)/t11-,12+/m0/s1. The highest BCUT2D eigenvalue weighted by Gasteiger charge is 2.30. The van der Waals surface area contributed by atoms with E-state index in [1.807, 2.05) is 30.3 Å². The zero-order chi connectivity index (χ0) is 13.0. The molecule has 98 valence electrons. The van der Waals surface area contributed by atoms with Crippen LogP contribution in [-0.2, 0) is 6.54 Å². The van der Waals surface area contributed by atoms with Crippen molar-refractivity contribution in [1.82, 2.24) is 10.2 Å². The molecule has 2 atom stereocenters. The van der Waals surface area contributed by atoms with E-state index in [9.17, 15) is 9.18 Å². The van der Waals surface area contributed by atoms with E-state index < -0.39 is 18.3 Å². The summed E-state index contributed by atoms with van der Waals surface area (Å²) < 4.78 is 13.7. The van der Waals surface area contributed by atoms with Gasteiger partial charge in [0.15, 0.2) is 0 Å². The number of nitrogens with one attached hydrogen (secondary N) is 1. The van der Waals surface area contributed by atoms with E-state index in [1.165, 1.54) is 4.90 Å². The van der Waals surface area contributed by atoms with Gasteiger partial charge >= 0.3 is 6.09 Å². The van der Waals surface area contributed by atoms with Crippen LogP contribution in [0.5, 0.6) is 0 Å². The van der Waals surface area contributed by atoms with Gasteiger partial charge in [-0.15, -0.1) is 0 Å². The zero-order valence-corrected chi connectivity index (χ0v) is 10.1. The third-order valence-electron chi connectivity index (χ3n) is 3.21. The van der Waals surface area contributed by atoms with Gasteiger partial charge in [0, 0.05) is 19.6 Å². The summed E-state index contributed by atoms with van der Waals surface area (Å²) in [6, 6.07) is 9.27. The molecule has 2 N–H and O–H groups in total. The lowest BCUT2D eigenvalue weighted by Gasteiger charge is -2.33. The molecular formula is C13H17FN2O2. The quantitative estimate of drug-likeness (QED) is 0.863. The summed E-state index contributed by atoms with van der Waals surface area (Å²) in [5, 5.41) is 12.0. The summed E-state index contributed by atoms with van der Waals surface area (Å²) in [6.45, 7) is 1.04. The van der Waals surface area contributed by atoms with Gasteiger partial charge in [-0.05, 0) is 12.0 Å². The highest BCUT2D eigenvalue weighted by atomic mass is 19.1. The lowest BCUT2D eigenvalue weighted by atomic mass is 10.0. The van der Waals surface area contributed by atoms with Crippen LogP contribution in [0, 0.1) is 0 Å². The van der Waals surface area contributed by atoms with Crippen LogP contribution >= 0.6 is 0 Å². The number of likely N-dealkylation sites (tertiary alicyclic amines) is 1. The van der Waals surface area contributed by atoms with Gasteiger partial charge in [-0.1, -0.05) is 30.3 Å². The molecule has 18 heavy (non-hydrogen) atoms. The fourth-order valence-electron chi connectivity index (χ4n) is 2.13. The summed E-state index contributed by atoms with van der Waals surface area (Å²) in [7, 11) is 0. The summed E-state index contributed by atoms with van der Waals surface area (Å²) in [4.78, 5) is 12.1. The molecule has 1 amide bonds. The largest absolute Gasteiger partial charge is 0.465 e. The average Bonchev–Trinajstić information content (AvgIpc) is 2.38. The minimum Gasteiger partial charge on any atom is -0.465 e. The Bertz CT molecular complexity index is 399. The molecule has 1 aliphatic rings. The van der Waals surface area contributed by atoms with Crippen molar-refractivity contribution in [2.45, 2.75) is 25.2 Å². The van der Waals surface area contributed by atoms with E-state index in [-0.39, 0.29) is 19.5 Å². The van der Waals surface area contributed by atoms with E-state index in [2.05, 4.69) is 5.32 Å². The van der Waals surface area contributed by atoms with Crippen LogP contribution < -0.4 is 5.32 Å². The van der Waals surface area contributed by atoms with Gasteiger partial charge in [0.25, 0.3) is 0 Å². The van der Waals surface area contributed by atoms with Gasteiger partial charge in [0.05, 0.1) is 6.04 Å². The molecule has 5 heteroatoms. The van der Waals surface area contributed by atoms with E-state index in [0.717, 1.165) is 5.56 Å². The van der Waals surface area contributed by atoms with Crippen molar-refractivity contribution in [3.8, 4) is 0 Å². The number of carbonyl (C=O) groups is 1. The first kappa shape index (κ1) is 12.8. The Morgan fingerprint density at radius 2 is 2.17 bits per heavy atom. The summed E-state index contributed by atoms with van der Waals surface area (Å²) >= 11 is 0. The van der Waals surface area contributed by atoms with Gasteiger partial charge in [-0.2, -0.15) is 0 Å². The second-order valence-electron chi connectivity index (χ2n) is 4.51. The maximum Gasteiger partial charge on any atom is 0.407 e. The molecule has 4 nitrogen and oxygen atoms in total. The zero-order valence-electron chi connectivity index (χ0n) is 10.1. The average molecular weight is 252 g/mol. The van der Waals surface area contributed by atoms with Crippen molar-refractivity contribution in [1.29, 1.82) is 0 Å². The Labute approximate surface area is 105 Å². The Hall–Kier alpha value is -1.62. The Kier molecular flexibility index (Phi) is 4.15. The first-order chi connectivity index (χ1) is 8.66. The lowest BCUT2D eigenvalue weighted by Crippen LogP contribution is -2.53. The third-order valence-corrected chi connectivity index (χ3v) is 3.21. The number of halogens is 1.